The summed E-state index contributed by atoms with van der Waals surface area (Å²) < 4.78 is 1.71. The topological polar surface area (TPSA) is 68.0 Å². The fraction of sp³-hybridized carbons (Fsp3) is 0.571. The number of hydrogen-bond donors (Lipinski definition) is 1. The van der Waals surface area contributed by atoms with Gasteiger partial charge in [-0.25, -0.2) is 4.68 Å². The van der Waals surface area contributed by atoms with Crippen LogP contribution >= 0.6 is 15.9 Å². The molecule has 1 rings (SSSR count). The SMILES string of the molecule is CCC(O)C(=O)c1c(Br)nnn1C. The Morgan fingerprint density at radius 1 is 1.77 bits per heavy atom. The molecule has 0 amide bonds. The van der Waals surface area contributed by atoms with Crippen LogP contribution in [0.1, 0.15) is 23.8 Å². The van der Waals surface area contributed by atoms with E-state index in [-0.39, 0.29) is 5.78 Å². The Hall–Kier alpha value is -0.750. The summed E-state index contributed by atoms with van der Waals surface area (Å²) in [5, 5.41) is 16.6. The van der Waals surface area contributed by atoms with Crippen molar-refractivity contribution in [3.8, 4) is 0 Å². The van der Waals surface area contributed by atoms with Crippen LogP contribution in [0.3, 0.4) is 0 Å². The van der Waals surface area contributed by atoms with Crippen molar-refractivity contribution in [2.45, 2.75) is 19.4 Å². The third kappa shape index (κ3) is 1.94. The average Bonchev–Trinajstić information content (AvgIpc) is 2.44. The van der Waals surface area contributed by atoms with E-state index in [2.05, 4.69) is 26.2 Å². The maximum Gasteiger partial charge on any atom is 0.212 e. The predicted molar refractivity (Wildman–Crippen MR) is 49.3 cm³/mol. The molecule has 13 heavy (non-hydrogen) atoms. The summed E-state index contributed by atoms with van der Waals surface area (Å²) in [5.41, 5.74) is 0.300. The molecule has 72 valence electrons. The highest BCUT2D eigenvalue weighted by Gasteiger charge is 2.22. The van der Waals surface area contributed by atoms with Crippen LogP contribution in [0.5, 0.6) is 0 Å². The molecule has 1 aromatic heterocycles. The van der Waals surface area contributed by atoms with Gasteiger partial charge in [0.15, 0.2) is 4.60 Å². The molecule has 0 saturated heterocycles. The maximum absolute atomic E-state index is 11.5. The standard InChI is InChI=1S/C7H10BrN3O2/c1-3-4(12)6(13)5-7(8)9-10-11(5)2/h4,12H,3H2,1-2H3. The number of ketones is 1. The normalized spacial score (nSPS) is 12.9. The quantitative estimate of drug-likeness (QED) is 0.792. The van der Waals surface area contributed by atoms with Crippen molar-refractivity contribution in [1.29, 1.82) is 0 Å². The molecule has 0 aliphatic carbocycles. The molecule has 1 unspecified atom stereocenters. The van der Waals surface area contributed by atoms with E-state index in [0.29, 0.717) is 16.7 Å². The molecule has 0 fully saturated rings. The molecular formula is C7H10BrN3O2. The summed E-state index contributed by atoms with van der Waals surface area (Å²) in [6.07, 6.45) is -0.593. The van der Waals surface area contributed by atoms with Crippen LogP contribution in [-0.4, -0.2) is 32.0 Å². The summed E-state index contributed by atoms with van der Waals surface area (Å²) in [5.74, 6) is -0.359. The van der Waals surface area contributed by atoms with Crippen molar-refractivity contribution in [2.75, 3.05) is 0 Å². The number of aliphatic hydroxyl groups excluding tert-OH is 1. The van der Waals surface area contributed by atoms with Crippen LogP contribution in [0.25, 0.3) is 0 Å². The Morgan fingerprint density at radius 2 is 2.38 bits per heavy atom. The lowest BCUT2D eigenvalue weighted by Gasteiger charge is -2.05. The molecule has 0 bridgehead atoms. The Labute approximate surface area is 83.9 Å². The van der Waals surface area contributed by atoms with E-state index >= 15 is 0 Å². The zero-order valence-electron chi connectivity index (χ0n) is 7.36. The summed E-state index contributed by atoms with van der Waals surface area (Å²) in [6.45, 7) is 1.74. The Bertz CT molecular complexity index is 304. The molecule has 1 heterocycles. The summed E-state index contributed by atoms with van der Waals surface area (Å²) >= 11 is 3.09. The molecule has 0 aliphatic heterocycles. The first-order valence-electron chi connectivity index (χ1n) is 3.85. The number of aromatic nitrogens is 3. The summed E-state index contributed by atoms with van der Waals surface area (Å²) in [4.78, 5) is 11.5. The van der Waals surface area contributed by atoms with Gasteiger partial charge in [-0.15, -0.1) is 5.10 Å². The van der Waals surface area contributed by atoms with Gasteiger partial charge >= 0.3 is 0 Å². The van der Waals surface area contributed by atoms with E-state index < -0.39 is 6.10 Å². The second-order valence-electron chi connectivity index (χ2n) is 2.64. The van der Waals surface area contributed by atoms with Gasteiger partial charge in [-0.3, -0.25) is 4.79 Å². The number of nitrogens with zero attached hydrogens (tertiary/aromatic N) is 3. The van der Waals surface area contributed by atoms with Gasteiger partial charge < -0.3 is 5.11 Å². The molecular weight excluding hydrogens is 238 g/mol. The van der Waals surface area contributed by atoms with E-state index in [1.807, 2.05) is 0 Å². The Kier molecular flexibility index (Phi) is 3.16. The van der Waals surface area contributed by atoms with E-state index in [1.54, 1.807) is 14.0 Å². The van der Waals surface area contributed by atoms with Gasteiger partial charge in [0.05, 0.1) is 0 Å². The molecule has 0 radical (unpaired) electrons. The van der Waals surface area contributed by atoms with Crippen molar-refractivity contribution in [1.82, 2.24) is 15.0 Å². The number of carbonyl (C=O) groups excluding carboxylic acids is 1. The molecule has 0 saturated carbocycles. The minimum absolute atomic E-state index is 0.300. The highest BCUT2D eigenvalue weighted by molar-refractivity contribution is 9.10. The van der Waals surface area contributed by atoms with Crippen LogP contribution in [-0.2, 0) is 7.05 Å². The number of aryl methyl sites for hydroxylation is 1. The highest BCUT2D eigenvalue weighted by Crippen LogP contribution is 2.14. The van der Waals surface area contributed by atoms with Crippen molar-refractivity contribution >= 4 is 21.7 Å². The van der Waals surface area contributed by atoms with Gasteiger partial charge in [0, 0.05) is 7.05 Å². The molecule has 0 aromatic carbocycles. The van der Waals surface area contributed by atoms with Crippen LogP contribution in [0.4, 0.5) is 0 Å². The van der Waals surface area contributed by atoms with E-state index in [9.17, 15) is 9.90 Å². The van der Waals surface area contributed by atoms with Gasteiger partial charge in [0.1, 0.15) is 11.8 Å². The third-order valence-electron chi connectivity index (χ3n) is 1.71. The van der Waals surface area contributed by atoms with Crippen molar-refractivity contribution in [3.63, 3.8) is 0 Å². The predicted octanol–water partition coefficient (Wildman–Crippen LogP) is 0.531. The van der Waals surface area contributed by atoms with Gasteiger partial charge in [0.25, 0.3) is 0 Å². The zero-order valence-corrected chi connectivity index (χ0v) is 8.95. The van der Waals surface area contributed by atoms with E-state index in [4.69, 9.17) is 0 Å². The number of aliphatic hydroxyl groups is 1. The molecule has 1 aromatic rings. The van der Waals surface area contributed by atoms with Gasteiger partial charge in [-0.05, 0) is 22.4 Å². The maximum atomic E-state index is 11.5. The minimum atomic E-state index is -0.978. The van der Waals surface area contributed by atoms with Crippen LogP contribution in [0.2, 0.25) is 0 Å². The second kappa shape index (κ2) is 3.97. The molecule has 0 aliphatic rings. The summed E-state index contributed by atoms with van der Waals surface area (Å²) in [7, 11) is 1.60. The average molecular weight is 248 g/mol. The zero-order chi connectivity index (χ0) is 10.0. The van der Waals surface area contributed by atoms with Gasteiger partial charge in [-0.2, -0.15) is 0 Å². The second-order valence-corrected chi connectivity index (χ2v) is 3.39. The fourth-order valence-electron chi connectivity index (χ4n) is 0.936. The Balaban J connectivity index is 3.01. The van der Waals surface area contributed by atoms with E-state index in [1.165, 1.54) is 4.68 Å². The van der Waals surface area contributed by atoms with E-state index in [0.717, 1.165) is 0 Å². The number of hydrogen-bond acceptors (Lipinski definition) is 4. The summed E-state index contributed by atoms with van der Waals surface area (Å²) in [6, 6.07) is 0. The van der Waals surface area contributed by atoms with Gasteiger partial charge in [-0.1, -0.05) is 12.1 Å². The minimum Gasteiger partial charge on any atom is -0.385 e. The number of halogens is 1. The number of Topliss-reactive ketones (excluding diaryl/α,β-unsaturated/α-hetero) is 1. The largest absolute Gasteiger partial charge is 0.385 e. The third-order valence-corrected chi connectivity index (χ3v) is 2.24. The van der Waals surface area contributed by atoms with Crippen molar-refractivity contribution < 1.29 is 9.90 Å². The van der Waals surface area contributed by atoms with Crippen LogP contribution in [0, 0.1) is 0 Å². The monoisotopic (exact) mass is 247 g/mol. The lowest BCUT2D eigenvalue weighted by molar-refractivity contribution is 0.0729. The van der Waals surface area contributed by atoms with Crippen LogP contribution in [0.15, 0.2) is 4.60 Å². The van der Waals surface area contributed by atoms with Crippen molar-refractivity contribution in [3.05, 3.63) is 10.3 Å². The molecule has 1 N–H and O–H groups in total. The first-order valence-corrected chi connectivity index (χ1v) is 4.64. The van der Waals surface area contributed by atoms with Crippen molar-refractivity contribution in [2.24, 2.45) is 7.05 Å². The lowest BCUT2D eigenvalue weighted by atomic mass is 10.1. The molecule has 6 heteroatoms. The number of carbonyl (C=O) groups is 1. The number of rotatable bonds is 3. The first kappa shape index (κ1) is 10.3. The molecule has 1 atom stereocenters. The molecule has 5 nitrogen and oxygen atoms in total. The van der Waals surface area contributed by atoms with Gasteiger partial charge in [0.2, 0.25) is 5.78 Å². The lowest BCUT2D eigenvalue weighted by Crippen LogP contribution is -2.22. The Morgan fingerprint density at radius 3 is 2.77 bits per heavy atom. The first-order chi connectivity index (χ1) is 6.07. The highest BCUT2D eigenvalue weighted by atomic mass is 79.9. The molecule has 0 spiro atoms. The smallest absolute Gasteiger partial charge is 0.212 e. The fourth-order valence-corrected chi connectivity index (χ4v) is 1.46. The van der Waals surface area contributed by atoms with Crippen LogP contribution < -0.4 is 0 Å².